The van der Waals surface area contributed by atoms with Crippen molar-refractivity contribution in [2.75, 3.05) is 0 Å². The number of hydrogen-bond acceptors (Lipinski definition) is 4. The van der Waals surface area contributed by atoms with E-state index in [4.69, 9.17) is 14.2 Å². The van der Waals surface area contributed by atoms with E-state index in [1.165, 1.54) is 0 Å². The summed E-state index contributed by atoms with van der Waals surface area (Å²) in [5, 5.41) is 0. The van der Waals surface area contributed by atoms with Crippen LogP contribution in [-0.2, 0) is 19.0 Å². The minimum absolute atomic E-state index is 0.124. The second-order valence-electron chi connectivity index (χ2n) is 5.84. The molecule has 1 saturated heterocycles. The summed E-state index contributed by atoms with van der Waals surface area (Å²) in [6.07, 6.45) is 6.48. The van der Waals surface area contributed by atoms with Crippen molar-refractivity contribution in [2.24, 2.45) is 0 Å². The van der Waals surface area contributed by atoms with Gasteiger partial charge in [-0.25, -0.2) is 0 Å². The van der Waals surface area contributed by atoms with Crippen LogP contribution >= 0.6 is 0 Å². The molecule has 120 valence electrons. The first kappa shape index (κ1) is 17.9. The van der Waals surface area contributed by atoms with Gasteiger partial charge in [0.25, 0.3) is 0 Å². The van der Waals surface area contributed by atoms with Crippen molar-refractivity contribution < 1.29 is 19.0 Å². The van der Waals surface area contributed by atoms with Gasteiger partial charge < -0.3 is 14.2 Å². The van der Waals surface area contributed by atoms with Gasteiger partial charge in [-0.3, -0.25) is 4.79 Å². The molecule has 0 spiro atoms. The maximum Gasteiger partial charge on any atom is 0.306 e. The van der Waals surface area contributed by atoms with E-state index in [2.05, 4.69) is 20.1 Å². The highest BCUT2D eigenvalue weighted by molar-refractivity contribution is 5.69. The molecule has 0 aromatic rings. The van der Waals surface area contributed by atoms with Crippen molar-refractivity contribution in [1.29, 1.82) is 0 Å². The van der Waals surface area contributed by atoms with Crippen LogP contribution in [-0.4, -0.2) is 30.1 Å². The van der Waals surface area contributed by atoms with E-state index >= 15 is 0 Å². The van der Waals surface area contributed by atoms with Gasteiger partial charge in [-0.2, -0.15) is 0 Å². The molecule has 1 aliphatic heterocycles. The zero-order valence-corrected chi connectivity index (χ0v) is 13.5. The minimum atomic E-state index is -0.618. The van der Waals surface area contributed by atoms with Gasteiger partial charge in [-0.1, -0.05) is 25.5 Å². The molecule has 0 aliphatic carbocycles. The highest BCUT2D eigenvalue weighted by atomic mass is 16.7. The molecule has 21 heavy (non-hydrogen) atoms. The van der Waals surface area contributed by atoms with E-state index in [-0.39, 0.29) is 24.3 Å². The molecule has 1 heterocycles. The summed E-state index contributed by atoms with van der Waals surface area (Å²) in [6.45, 7) is 13.2. The predicted octanol–water partition coefficient (Wildman–Crippen LogP) is 3.76. The Bertz CT molecular complexity index is 362. The molecule has 0 aromatic carbocycles. The van der Waals surface area contributed by atoms with Crippen LogP contribution < -0.4 is 0 Å². The molecular weight excluding hydrogens is 268 g/mol. The first-order chi connectivity index (χ1) is 9.91. The fraction of sp³-hybridized carbons (Fsp3) is 0.706. The van der Waals surface area contributed by atoms with E-state index < -0.39 is 5.79 Å². The average molecular weight is 296 g/mol. The first-order valence-corrected chi connectivity index (χ1v) is 7.70. The SMILES string of the molecule is C=CCCC(=O)O[C@H](CCC)C[C@H]1OC(C)(C)O[C@@H]1C=C. The van der Waals surface area contributed by atoms with Gasteiger partial charge in [0.1, 0.15) is 12.2 Å². The molecule has 1 aliphatic rings. The van der Waals surface area contributed by atoms with E-state index in [0.717, 1.165) is 12.8 Å². The van der Waals surface area contributed by atoms with Crippen molar-refractivity contribution in [3.8, 4) is 0 Å². The third-order valence-electron chi connectivity index (χ3n) is 3.41. The fourth-order valence-corrected chi connectivity index (χ4v) is 2.52. The number of carbonyl (C=O) groups is 1. The lowest BCUT2D eigenvalue weighted by atomic mass is 10.0. The Hall–Kier alpha value is -1.13. The summed E-state index contributed by atoms with van der Waals surface area (Å²) < 4.78 is 17.2. The second kappa shape index (κ2) is 8.35. The zero-order chi connectivity index (χ0) is 15.9. The van der Waals surface area contributed by atoms with E-state index in [1.54, 1.807) is 12.2 Å². The van der Waals surface area contributed by atoms with Crippen LogP contribution in [0.4, 0.5) is 0 Å². The lowest BCUT2D eigenvalue weighted by Gasteiger charge is -2.22. The number of allylic oxidation sites excluding steroid dienone is 1. The second-order valence-corrected chi connectivity index (χ2v) is 5.84. The Balaban J connectivity index is 2.58. The van der Waals surface area contributed by atoms with Gasteiger partial charge in [-0.05, 0) is 26.7 Å². The number of carbonyl (C=O) groups excluding carboxylic acids is 1. The molecule has 0 amide bonds. The molecule has 0 saturated carbocycles. The van der Waals surface area contributed by atoms with Crippen LogP contribution in [0.1, 0.15) is 52.9 Å². The Morgan fingerprint density at radius 3 is 2.67 bits per heavy atom. The molecule has 0 bridgehead atoms. The third-order valence-corrected chi connectivity index (χ3v) is 3.41. The summed E-state index contributed by atoms with van der Waals surface area (Å²) in [7, 11) is 0. The standard InChI is InChI=1S/C17H28O4/c1-6-9-11-16(18)19-13(10-7-2)12-15-14(8-3)20-17(4,5)21-15/h6,8,13-15H,1,3,7,9-12H2,2,4-5H3/t13-,14-,15-/m1/s1. The van der Waals surface area contributed by atoms with E-state index in [1.807, 2.05) is 13.8 Å². The summed E-state index contributed by atoms with van der Waals surface area (Å²) in [6, 6.07) is 0. The largest absolute Gasteiger partial charge is 0.462 e. The Morgan fingerprint density at radius 2 is 2.10 bits per heavy atom. The minimum Gasteiger partial charge on any atom is -0.462 e. The van der Waals surface area contributed by atoms with Crippen molar-refractivity contribution in [2.45, 2.75) is 77.0 Å². The monoisotopic (exact) mass is 296 g/mol. The van der Waals surface area contributed by atoms with E-state index in [9.17, 15) is 4.79 Å². The third kappa shape index (κ3) is 6.02. The quantitative estimate of drug-likeness (QED) is 0.480. The van der Waals surface area contributed by atoms with Gasteiger partial charge in [0.15, 0.2) is 5.79 Å². The van der Waals surface area contributed by atoms with Gasteiger partial charge in [-0.15, -0.1) is 13.2 Å². The molecule has 4 heteroatoms. The fourth-order valence-electron chi connectivity index (χ4n) is 2.52. The summed E-state index contributed by atoms with van der Waals surface area (Å²) in [5.74, 6) is -0.797. The normalized spacial score (nSPS) is 25.3. The molecular formula is C17H28O4. The van der Waals surface area contributed by atoms with Crippen LogP contribution in [0.3, 0.4) is 0 Å². The Morgan fingerprint density at radius 1 is 1.38 bits per heavy atom. The smallest absolute Gasteiger partial charge is 0.306 e. The van der Waals surface area contributed by atoms with Crippen LogP contribution in [0.5, 0.6) is 0 Å². The Labute approximate surface area is 128 Å². The van der Waals surface area contributed by atoms with Crippen molar-refractivity contribution in [3.05, 3.63) is 25.3 Å². The lowest BCUT2D eigenvalue weighted by Crippen LogP contribution is -2.29. The summed E-state index contributed by atoms with van der Waals surface area (Å²) >= 11 is 0. The first-order valence-electron chi connectivity index (χ1n) is 7.70. The van der Waals surface area contributed by atoms with Crippen molar-refractivity contribution >= 4 is 5.97 Å². The number of hydrogen-bond donors (Lipinski definition) is 0. The molecule has 0 unspecified atom stereocenters. The number of rotatable bonds is 9. The number of ether oxygens (including phenoxy) is 3. The molecule has 4 nitrogen and oxygen atoms in total. The van der Waals surface area contributed by atoms with E-state index in [0.29, 0.717) is 19.3 Å². The van der Waals surface area contributed by atoms with Crippen molar-refractivity contribution in [1.82, 2.24) is 0 Å². The van der Waals surface area contributed by atoms with Gasteiger partial charge in [0.05, 0.1) is 6.10 Å². The van der Waals surface area contributed by atoms with Crippen LogP contribution in [0.2, 0.25) is 0 Å². The lowest BCUT2D eigenvalue weighted by molar-refractivity contribution is -0.155. The molecule has 0 radical (unpaired) electrons. The molecule has 3 atom stereocenters. The van der Waals surface area contributed by atoms with Crippen LogP contribution in [0, 0.1) is 0 Å². The highest BCUT2D eigenvalue weighted by Gasteiger charge is 2.40. The van der Waals surface area contributed by atoms with Crippen molar-refractivity contribution in [3.63, 3.8) is 0 Å². The van der Waals surface area contributed by atoms with Gasteiger partial charge in [0, 0.05) is 12.8 Å². The summed E-state index contributed by atoms with van der Waals surface area (Å²) in [4.78, 5) is 11.8. The zero-order valence-electron chi connectivity index (χ0n) is 13.5. The highest BCUT2D eigenvalue weighted by Crippen LogP contribution is 2.32. The van der Waals surface area contributed by atoms with Crippen LogP contribution in [0.15, 0.2) is 25.3 Å². The average Bonchev–Trinajstić information content (AvgIpc) is 2.70. The number of esters is 1. The molecule has 0 aromatic heterocycles. The predicted molar refractivity (Wildman–Crippen MR) is 82.9 cm³/mol. The summed E-state index contributed by atoms with van der Waals surface area (Å²) in [5.41, 5.74) is 0. The maximum atomic E-state index is 11.8. The molecule has 1 rings (SSSR count). The molecule has 0 N–H and O–H groups in total. The van der Waals surface area contributed by atoms with Gasteiger partial charge >= 0.3 is 5.97 Å². The topological polar surface area (TPSA) is 44.8 Å². The Kier molecular flexibility index (Phi) is 7.12. The maximum absolute atomic E-state index is 11.8. The van der Waals surface area contributed by atoms with Gasteiger partial charge in [0.2, 0.25) is 0 Å². The molecule has 1 fully saturated rings. The van der Waals surface area contributed by atoms with Crippen LogP contribution in [0.25, 0.3) is 0 Å².